The van der Waals surface area contributed by atoms with Crippen molar-refractivity contribution in [1.82, 2.24) is 4.90 Å². The van der Waals surface area contributed by atoms with Gasteiger partial charge in [-0.05, 0) is 6.42 Å². The smallest absolute Gasteiger partial charge is 0.225 e. The Bertz CT molecular complexity index is 197. The summed E-state index contributed by atoms with van der Waals surface area (Å²) in [6.45, 7) is 6.46. The molecular formula is C10H20N2O2. The van der Waals surface area contributed by atoms with Crippen molar-refractivity contribution in [3.8, 4) is 0 Å². The number of hydrogen-bond acceptors (Lipinski definition) is 3. The van der Waals surface area contributed by atoms with Gasteiger partial charge in [0, 0.05) is 25.6 Å². The summed E-state index contributed by atoms with van der Waals surface area (Å²) in [5.74, 6) is 0.348. The Morgan fingerprint density at radius 3 is 3.00 bits per heavy atom. The van der Waals surface area contributed by atoms with E-state index in [1.54, 1.807) is 0 Å². The number of hydrogen-bond donors (Lipinski definition) is 1. The lowest BCUT2D eigenvalue weighted by atomic mass is 10.1. The van der Waals surface area contributed by atoms with Gasteiger partial charge in [-0.25, -0.2) is 0 Å². The summed E-state index contributed by atoms with van der Waals surface area (Å²) in [7, 11) is 0. The molecule has 0 bridgehead atoms. The molecule has 4 heteroatoms. The summed E-state index contributed by atoms with van der Waals surface area (Å²) in [4.78, 5) is 13.7. The molecule has 2 unspecified atom stereocenters. The number of carbonyl (C=O) groups excluding carboxylic acids is 1. The third-order valence-electron chi connectivity index (χ3n) is 2.75. The van der Waals surface area contributed by atoms with Crippen LogP contribution in [0.5, 0.6) is 0 Å². The van der Waals surface area contributed by atoms with Gasteiger partial charge in [0.05, 0.1) is 12.7 Å². The molecule has 1 saturated heterocycles. The third kappa shape index (κ3) is 2.69. The normalized spacial score (nSPS) is 24.8. The molecule has 1 fully saturated rings. The van der Waals surface area contributed by atoms with E-state index in [4.69, 9.17) is 10.5 Å². The molecule has 2 N–H and O–H groups in total. The third-order valence-corrected chi connectivity index (χ3v) is 2.75. The van der Waals surface area contributed by atoms with E-state index in [-0.39, 0.29) is 17.9 Å². The Morgan fingerprint density at radius 2 is 2.43 bits per heavy atom. The first-order valence-electron chi connectivity index (χ1n) is 5.29. The molecule has 0 saturated carbocycles. The maximum Gasteiger partial charge on any atom is 0.225 e. The van der Waals surface area contributed by atoms with Crippen molar-refractivity contribution < 1.29 is 9.53 Å². The highest BCUT2D eigenvalue weighted by molar-refractivity contribution is 5.78. The van der Waals surface area contributed by atoms with Gasteiger partial charge in [-0.3, -0.25) is 4.79 Å². The van der Waals surface area contributed by atoms with E-state index in [0.29, 0.717) is 26.2 Å². The molecule has 1 rings (SSSR count). The van der Waals surface area contributed by atoms with Crippen LogP contribution in [0.25, 0.3) is 0 Å². The number of morpholine rings is 1. The summed E-state index contributed by atoms with van der Waals surface area (Å²) in [6, 6.07) is 0. The van der Waals surface area contributed by atoms with Crippen molar-refractivity contribution in [2.45, 2.75) is 26.4 Å². The SMILES string of the molecule is CCC(C)C(=O)N1CCOC(CN)C1. The van der Waals surface area contributed by atoms with Gasteiger partial charge in [0.25, 0.3) is 0 Å². The van der Waals surface area contributed by atoms with Crippen molar-refractivity contribution >= 4 is 5.91 Å². The minimum Gasteiger partial charge on any atom is -0.373 e. The highest BCUT2D eigenvalue weighted by atomic mass is 16.5. The number of ether oxygens (including phenoxy) is 1. The van der Waals surface area contributed by atoms with Crippen LogP contribution in [0.1, 0.15) is 20.3 Å². The van der Waals surface area contributed by atoms with Gasteiger partial charge in [-0.2, -0.15) is 0 Å². The zero-order chi connectivity index (χ0) is 10.6. The number of carbonyl (C=O) groups is 1. The number of nitrogens with zero attached hydrogens (tertiary/aromatic N) is 1. The second kappa shape index (κ2) is 5.32. The van der Waals surface area contributed by atoms with Crippen LogP contribution in [0.15, 0.2) is 0 Å². The van der Waals surface area contributed by atoms with E-state index in [2.05, 4.69) is 0 Å². The van der Waals surface area contributed by atoms with Crippen molar-refractivity contribution in [1.29, 1.82) is 0 Å². The zero-order valence-corrected chi connectivity index (χ0v) is 9.03. The van der Waals surface area contributed by atoms with Gasteiger partial charge in [0.2, 0.25) is 5.91 Å². The molecule has 0 aromatic carbocycles. The highest BCUT2D eigenvalue weighted by Gasteiger charge is 2.25. The monoisotopic (exact) mass is 200 g/mol. The number of rotatable bonds is 3. The fourth-order valence-corrected chi connectivity index (χ4v) is 1.55. The molecule has 2 atom stereocenters. The van der Waals surface area contributed by atoms with E-state index >= 15 is 0 Å². The van der Waals surface area contributed by atoms with Gasteiger partial charge in [0.15, 0.2) is 0 Å². The fourth-order valence-electron chi connectivity index (χ4n) is 1.55. The Kier molecular flexibility index (Phi) is 4.35. The van der Waals surface area contributed by atoms with Crippen molar-refractivity contribution in [3.05, 3.63) is 0 Å². The second-order valence-corrected chi connectivity index (χ2v) is 3.82. The standard InChI is InChI=1S/C10H20N2O2/c1-3-8(2)10(13)12-4-5-14-9(6-11)7-12/h8-9H,3-7,11H2,1-2H3. The minimum atomic E-state index is 0.0248. The summed E-state index contributed by atoms with van der Waals surface area (Å²) in [5, 5.41) is 0. The summed E-state index contributed by atoms with van der Waals surface area (Å²) in [6.07, 6.45) is 0.917. The molecule has 0 radical (unpaired) electrons. The highest BCUT2D eigenvalue weighted by Crippen LogP contribution is 2.11. The maximum atomic E-state index is 11.8. The average Bonchev–Trinajstić information content (AvgIpc) is 2.27. The molecule has 0 aliphatic carbocycles. The van der Waals surface area contributed by atoms with Crippen LogP contribution in [0.3, 0.4) is 0 Å². The first-order valence-corrected chi connectivity index (χ1v) is 5.29. The Morgan fingerprint density at radius 1 is 1.71 bits per heavy atom. The predicted octanol–water partition coefficient (Wildman–Crippen LogP) is 0.219. The minimum absolute atomic E-state index is 0.0248. The molecule has 1 heterocycles. The van der Waals surface area contributed by atoms with Crippen LogP contribution in [0.4, 0.5) is 0 Å². The van der Waals surface area contributed by atoms with Gasteiger partial charge < -0.3 is 15.4 Å². The quantitative estimate of drug-likeness (QED) is 0.709. The summed E-state index contributed by atoms with van der Waals surface area (Å²) >= 11 is 0. The molecule has 0 aromatic heterocycles. The maximum absolute atomic E-state index is 11.8. The lowest BCUT2D eigenvalue weighted by Gasteiger charge is -2.33. The first-order chi connectivity index (χ1) is 6.69. The molecule has 1 amide bonds. The predicted molar refractivity (Wildman–Crippen MR) is 54.8 cm³/mol. The van der Waals surface area contributed by atoms with Crippen LogP contribution < -0.4 is 5.73 Å². The molecule has 82 valence electrons. The van der Waals surface area contributed by atoms with E-state index in [1.165, 1.54) is 0 Å². The molecule has 14 heavy (non-hydrogen) atoms. The van der Waals surface area contributed by atoms with E-state index in [1.807, 2.05) is 18.7 Å². The van der Waals surface area contributed by atoms with E-state index < -0.39 is 0 Å². The van der Waals surface area contributed by atoms with Gasteiger partial charge >= 0.3 is 0 Å². The molecule has 1 aliphatic heterocycles. The molecule has 0 spiro atoms. The van der Waals surface area contributed by atoms with Gasteiger partial charge in [-0.1, -0.05) is 13.8 Å². The van der Waals surface area contributed by atoms with Crippen LogP contribution in [-0.4, -0.2) is 43.2 Å². The number of amides is 1. The zero-order valence-electron chi connectivity index (χ0n) is 9.03. The van der Waals surface area contributed by atoms with Gasteiger partial charge in [-0.15, -0.1) is 0 Å². The Balaban J connectivity index is 2.47. The molecular weight excluding hydrogens is 180 g/mol. The molecule has 1 aliphatic rings. The van der Waals surface area contributed by atoms with Crippen LogP contribution >= 0.6 is 0 Å². The summed E-state index contributed by atoms with van der Waals surface area (Å²) < 4.78 is 5.40. The van der Waals surface area contributed by atoms with Crippen LogP contribution in [-0.2, 0) is 9.53 Å². The molecule has 0 aromatic rings. The largest absolute Gasteiger partial charge is 0.373 e. The first kappa shape index (κ1) is 11.5. The number of nitrogens with two attached hydrogens (primary N) is 1. The van der Waals surface area contributed by atoms with Crippen molar-refractivity contribution in [3.63, 3.8) is 0 Å². The van der Waals surface area contributed by atoms with Crippen molar-refractivity contribution in [2.75, 3.05) is 26.2 Å². The fraction of sp³-hybridized carbons (Fsp3) is 0.900. The van der Waals surface area contributed by atoms with Gasteiger partial charge in [0.1, 0.15) is 0 Å². The Hall–Kier alpha value is -0.610. The summed E-state index contributed by atoms with van der Waals surface area (Å²) in [5.41, 5.74) is 5.51. The van der Waals surface area contributed by atoms with Crippen LogP contribution in [0, 0.1) is 5.92 Å². The molecule has 4 nitrogen and oxygen atoms in total. The van der Waals surface area contributed by atoms with Crippen molar-refractivity contribution in [2.24, 2.45) is 11.7 Å². The van der Waals surface area contributed by atoms with E-state index in [9.17, 15) is 4.79 Å². The van der Waals surface area contributed by atoms with Crippen LogP contribution in [0.2, 0.25) is 0 Å². The lowest BCUT2D eigenvalue weighted by Crippen LogP contribution is -2.49. The lowest BCUT2D eigenvalue weighted by molar-refractivity contribution is -0.142. The van der Waals surface area contributed by atoms with E-state index in [0.717, 1.165) is 6.42 Å². The second-order valence-electron chi connectivity index (χ2n) is 3.82. The average molecular weight is 200 g/mol. The Labute approximate surface area is 85.4 Å². The topological polar surface area (TPSA) is 55.6 Å².